The Balaban J connectivity index is 1.45. The molecule has 0 bridgehead atoms. The van der Waals surface area contributed by atoms with Gasteiger partial charge in [-0.1, -0.05) is 0 Å². The maximum atomic E-state index is 13.0. The van der Waals surface area contributed by atoms with Crippen LogP contribution in [0.5, 0.6) is 11.6 Å². The number of carbonyl (C=O) groups is 1. The second-order valence-corrected chi connectivity index (χ2v) is 8.95. The fourth-order valence-corrected chi connectivity index (χ4v) is 4.28. The number of methoxy groups -OCH3 is 1. The molecule has 0 radical (unpaired) electrons. The number of rotatable bonds is 7. The van der Waals surface area contributed by atoms with Gasteiger partial charge in [0.1, 0.15) is 5.75 Å². The molecule has 0 spiro atoms. The fraction of sp³-hybridized carbons (Fsp3) is 0.458. The van der Waals surface area contributed by atoms with E-state index in [1.54, 1.807) is 12.1 Å². The highest BCUT2D eigenvalue weighted by Crippen LogP contribution is 2.36. The summed E-state index contributed by atoms with van der Waals surface area (Å²) in [6.07, 6.45) is 7.39. The Kier molecular flexibility index (Phi) is 5.80. The molecule has 0 unspecified atom stereocenters. The van der Waals surface area contributed by atoms with Crippen molar-refractivity contribution in [1.82, 2.24) is 9.78 Å². The van der Waals surface area contributed by atoms with E-state index in [4.69, 9.17) is 14.6 Å². The van der Waals surface area contributed by atoms with Crippen LogP contribution in [0.1, 0.15) is 55.1 Å². The molecule has 0 aliphatic heterocycles. The number of ether oxygens (including phenoxy) is 2. The molecule has 2 aromatic heterocycles. The first-order chi connectivity index (χ1) is 16.0. The molecule has 174 valence electrons. The lowest BCUT2D eigenvalue weighted by atomic mass is 9.93. The summed E-state index contributed by atoms with van der Waals surface area (Å²) in [6.45, 7) is 0.592. The number of aromatic nitrogens is 3. The standard InChI is InChI=1S/C24H28N4O5/c1-32-23-4-2-3-21(28(23)31)24(30)25-20-11-16-13-27(17-7-9-18(29)10-8-17)26-19(16)12-22(20)33-14-15-5-6-15/h2-4,11-13,15,17-18,29H,5-10,14H2,1H3,(H-,25,30,31)/p+1. The molecule has 0 atom stereocenters. The smallest absolute Gasteiger partial charge is 0.417 e. The predicted molar refractivity (Wildman–Crippen MR) is 120 cm³/mol. The van der Waals surface area contributed by atoms with Crippen molar-refractivity contribution in [2.24, 2.45) is 5.92 Å². The van der Waals surface area contributed by atoms with Crippen LogP contribution in [0.15, 0.2) is 36.5 Å². The summed E-state index contributed by atoms with van der Waals surface area (Å²) in [5.41, 5.74) is 1.36. The molecule has 3 aromatic rings. The van der Waals surface area contributed by atoms with Crippen molar-refractivity contribution in [3.05, 3.63) is 42.2 Å². The van der Waals surface area contributed by atoms with Gasteiger partial charge in [0.15, 0.2) is 0 Å². The number of hydrogen-bond acceptors (Lipinski definition) is 6. The second kappa shape index (κ2) is 8.90. The van der Waals surface area contributed by atoms with Gasteiger partial charge in [-0.05, 0) is 56.6 Å². The Hall–Kier alpha value is -3.33. The van der Waals surface area contributed by atoms with Crippen molar-refractivity contribution in [1.29, 1.82) is 0 Å². The Labute approximate surface area is 191 Å². The van der Waals surface area contributed by atoms with Crippen LogP contribution in [0, 0.1) is 5.92 Å². The highest BCUT2D eigenvalue weighted by Gasteiger charge is 2.27. The molecule has 0 saturated heterocycles. The third kappa shape index (κ3) is 4.59. The molecular weight excluding hydrogens is 424 g/mol. The van der Waals surface area contributed by atoms with Crippen LogP contribution in [-0.4, -0.2) is 45.8 Å². The molecule has 2 aliphatic rings. The van der Waals surface area contributed by atoms with Crippen LogP contribution in [0.25, 0.3) is 10.9 Å². The zero-order valence-corrected chi connectivity index (χ0v) is 18.6. The topological polar surface area (TPSA) is 110 Å². The highest BCUT2D eigenvalue weighted by molar-refractivity contribution is 6.04. The maximum Gasteiger partial charge on any atom is 0.417 e. The summed E-state index contributed by atoms with van der Waals surface area (Å²) in [7, 11) is 1.42. The first-order valence-electron chi connectivity index (χ1n) is 11.4. The van der Waals surface area contributed by atoms with Gasteiger partial charge in [0.05, 0.1) is 47.9 Å². The first-order valence-corrected chi connectivity index (χ1v) is 11.4. The molecule has 1 amide bonds. The van der Waals surface area contributed by atoms with Crippen LogP contribution in [0.2, 0.25) is 0 Å². The number of anilines is 1. The summed E-state index contributed by atoms with van der Waals surface area (Å²) in [5.74, 6) is 0.774. The van der Waals surface area contributed by atoms with Crippen molar-refractivity contribution in [2.45, 2.75) is 50.7 Å². The number of aliphatic hydroxyl groups is 1. The molecule has 2 saturated carbocycles. The van der Waals surface area contributed by atoms with Crippen LogP contribution in [-0.2, 0) is 0 Å². The summed E-state index contributed by atoms with van der Waals surface area (Å²) in [4.78, 5) is 13.0. The molecule has 2 fully saturated rings. The number of hydrogen-bond donors (Lipinski definition) is 3. The molecule has 1 aromatic carbocycles. The number of pyridine rings is 1. The number of fused-ring (bicyclic) bond motifs is 1. The van der Waals surface area contributed by atoms with Crippen LogP contribution >= 0.6 is 0 Å². The Bertz CT molecular complexity index is 1170. The van der Waals surface area contributed by atoms with E-state index in [9.17, 15) is 15.1 Å². The molecule has 9 heteroatoms. The van der Waals surface area contributed by atoms with Crippen LogP contribution in [0.4, 0.5) is 5.69 Å². The number of nitrogens with zero attached hydrogens (tertiary/aromatic N) is 3. The van der Waals surface area contributed by atoms with Crippen LogP contribution in [0.3, 0.4) is 0 Å². The molecule has 2 heterocycles. The van der Waals surface area contributed by atoms with Crippen molar-refractivity contribution < 1.29 is 29.3 Å². The average molecular weight is 454 g/mol. The van der Waals surface area contributed by atoms with E-state index < -0.39 is 5.91 Å². The molecule has 5 rings (SSSR count). The van der Waals surface area contributed by atoms with Crippen LogP contribution < -0.4 is 19.5 Å². The predicted octanol–water partition coefficient (Wildman–Crippen LogP) is 3.09. The lowest BCUT2D eigenvalue weighted by Gasteiger charge is -2.25. The van der Waals surface area contributed by atoms with Gasteiger partial charge in [0.2, 0.25) is 0 Å². The third-order valence-electron chi connectivity index (χ3n) is 6.46. The minimum atomic E-state index is -0.485. The summed E-state index contributed by atoms with van der Waals surface area (Å²) >= 11 is 0. The minimum absolute atomic E-state index is 0.0408. The first kappa shape index (κ1) is 21.5. The molecule has 9 nitrogen and oxygen atoms in total. The number of aliphatic hydroxyl groups excluding tert-OH is 1. The van der Waals surface area contributed by atoms with Gasteiger partial charge in [-0.2, -0.15) is 5.10 Å². The maximum absolute atomic E-state index is 13.0. The van der Waals surface area contributed by atoms with E-state index in [0.717, 1.165) is 49.4 Å². The largest absolute Gasteiger partial charge is 0.491 e. The van der Waals surface area contributed by atoms with E-state index in [-0.39, 0.29) is 23.7 Å². The average Bonchev–Trinajstić information content (AvgIpc) is 3.56. The van der Waals surface area contributed by atoms with Gasteiger partial charge < -0.3 is 19.9 Å². The van der Waals surface area contributed by atoms with Gasteiger partial charge in [0.25, 0.3) is 0 Å². The van der Waals surface area contributed by atoms with E-state index in [0.29, 0.717) is 28.7 Å². The molecule has 2 aliphatic carbocycles. The lowest BCUT2D eigenvalue weighted by Crippen LogP contribution is -2.40. The quantitative estimate of drug-likeness (QED) is 0.375. The fourth-order valence-electron chi connectivity index (χ4n) is 4.28. The SMILES string of the molecule is COc1cccc(C(=O)Nc2cc3cn(C4CCC(O)CC4)nc3cc2OCC2CC2)[n+]1O. The molecule has 33 heavy (non-hydrogen) atoms. The van der Waals surface area contributed by atoms with Crippen molar-refractivity contribution in [2.75, 3.05) is 19.0 Å². The summed E-state index contributed by atoms with van der Waals surface area (Å²) < 4.78 is 13.8. The van der Waals surface area contributed by atoms with Gasteiger partial charge in [-0.25, -0.2) is 0 Å². The van der Waals surface area contributed by atoms with Gasteiger partial charge in [0, 0.05) is 23.7 Å². The number of nitrogens with one attached hydrogen (secondary N) is 1. The van der Waals surface area contributed by atoms with Gasteiger partial charge in [-0.3, -0.25) is 14.7 Å². The molecule has 3 N–H and O–H groups in total. The lowest BCUT2D eigenvalue weighted by molar-refractivity contribution is -0.907. The van der Waals surface area contributed by atoms with E-state index >= 15 is 0 Å². The van der Waals surface area contributed by atoms with Gasteiger partial charge >= 0.3 is 17.5 Å². The van der Waals surface area contributed by atoms with Crippen molar-refractivity contribution in [3.63, 3.8) is 0 Å². The van der Waals surface area contributed by atoms with E-state index in [1.165, 1.54) is 13.2 Å². The Morgan fingerprint density at radius 1 is 1.21 bits per heavy atom. The highest BCUT2D eigenvalue weighted by atomic mass is 16.5. The normalized spacial score (nSPS) is 20.5. The number of amides is 1. The minimum Gasteiger partial charge on any atom is -0.491 e. The Morgan fingerprint density at radius 2 is 2.00 bits per heavy atom. The van der Waals surface area contributed by atoms with Crippen molar-refractivity contribution >= 4 is 22.5 Å². The third-order valence-corrected chi connectivity index (χ3v) is 6.46. The summed E-state index contributed by atoms with van der Waals surface area (Å²) in [5, 5.41) is 28.6. The molecular formula is C24H29N4O5+. The van der Waals surface area contributed by atoms with E-state index in [1.807, 2.05) is 23.0 Å². The Morgan fingerprint density at radius 3 is 2.73 bits per heavy atom. The zero-order valence-electron chi connectivity index (χ0n) is 18.6. The second-order valence-electron chi connectivity index (χ2n) is 8.95. The van der Waals surface area contributed by atoms with E-state index in [2.05, 4.69) is 5.32 Å². The van der Waals surface area contributed by atoms with Crippen molar-refractivity contribution in [3.8, 4) is 11.6 Å². The monoisotopic (exact) mass is 453 g/mol. The van der Waals surface area contributed by atoms with Gasteiger partial charge in [-0.15, -0.1) is 0 Å². The number of benzene rings is 1. The zero-order chi connectivity index (χ0) is 22.9. The number of carbonyl (C=O) groups excluding carboxylic acids is 1. The summed E-state index contributed by atoms with van der Waals surface area (Å²) in [6, 6.07) is 8.68.